The maximum absolute atomic E-state index is 13.2. The standard InChI is InChI=1S/C29H37NO4/c1-8-16-30-25(20-12-10-19(11-13-20)18(3)4)24(27(32)28(30)33)26(31)21-14-15-23(34-9-2)22(17-21)29(5,6)7/h10-15,17-18,25,31H,8-9,16H2,1-7H3/b26-24-. The van der Waals surface area contributed by atoms with Crippen LogP contribution >= 0.6 is 0 Å². The van der Waals surface area contributed by atoms with Crippen LogP contribution in [0.1, 0.15) is 89.1 Å². The molecule has 0 aliphatic carbocycles. The van der Waals surface area contributed by atoms with E-state index >= 15 is 0 Å². The van der Waals surface area contributed by atoms with E-state index in [1.807, 2.05) is 50.2 Å². The third-order valence-electron chi connectivity index (χ3n) is 6.28. The molecular formula is C29H37NO4. The number of Topliss-reactive ketones (excluding diaryl/α,β-unsaturated/α-hetero) is 1. The number of ketones is 1. The summed E-state index contributed by atoms with van der Waals surface area (Å²) in [6.45, 7) is 15.3. The van der Waals surface area contributed by atoms with Crippen molar-refractivity contribution in [3.63, 3.8) is 0 Å². The Kier molecular flexibility index (Phi) is 7.54. The topological polar surface area (TPSA) is 66.8 Å². The second kappa shape index (κ2) is 10.0. The molecule has 2 aromatic rings. The van der Waals surface area contributed by atoms with E-state index in [9.17, 15) is 14.7 Å². The van der Waals surface area contributed by atoms with Crippen molar-refractivity contribution < 1.29 is 19.4 Å². The second-order valence-corrected chi connectivity index (χ2v) is 10.2. The first-order chi connectivity index (χ1) is 16.0. The SMILES string of the molecule is CCCN1C(=O)C(=O)/C(=C(\O)c2ccc(OCC)c(C(C)(C)C)c2)C1c1ccc(C(C)C)cc1. The van der Waals surface area contributed by atoms with E-state index in [2.05, 4.69) is 34.6 Å². The highest BCUT2D eigenvalue weighted by Gasteiger charge is 2.45. The molecule has 3 rings (SSSR count). The number of nitrogens with zero attached hydrogens (tertiary/aromatic N) is 1. The fraction of sp³-hybridized carbons (Fsp3) is 0.448. The van der Waals surface area contributed by atoms with E-state index in [-0.39, 0.29) is 16.7 Å². The number of hydrogen-bond donors (Lipinski definition) is 1. The number of aliphatic hydroxyl groups is 1. The normalized spacial score (nSPS) is 18.1. The largest absolute Gasteiger partial charge is 0.507 e. The van der Waals surface area contributed by atoms with Crippen LogP contribution in [0.5, 0.6) is 5.75 Å². The Labute approximate surface area is 203 Å². The van der Waals surface area contributed by atoms with E-state index in [1.165, 1.54) is 5.56 Å². The van der Waals surface area contributed by atoms with Gasteiger partial charge in [0.25, 0.3) is 11.7 Å². The first-order valence-corrected chi connectivity index (χ1v) is 12.2. The van der Waals surface area contributed by atoms with E-state index < -0.39 is 17.7 Å². The second-order valence-electron chi connectivity index (χ2n) is 10.2. The van der Waals surface area contributed by atoms with Crippen molar-refractivity contribution in [2.75, 3.05) is 13.2 Å². The van der Waals surface area contributed by atoms with Gasteiger partial charge in [0.05, 0.1) is 18.2 Å². The van der Waals surface area contributed by atoms with Crippen molar-refractivity contribution in [2.24, 2.45) is 0 Å². The fourth-order valence-electron chi connectivity index (χ4n) is 4.46. The van der Waals surface area contributed by atoms with Gasteiger partial charge in [-0.3, -0.25) is 9.59 Å². The van der Waals surface area contributed by atoms with E-state index in [1.54, 1.807) is 11.0 Å². The maximum atomic E-state index is 13.2. The van der Waals surface area contributed by atoms with Crippen molar-refractivity contribution in [1.29, 1.82) is 0 Å². The average molecular weight is 464 g/mol. The Hall–Kier alpha value is -3.08. The van der Waals surface area contributed by atoms with Gasteiger partial charge in [0.15, 0.2) is 0 Å². The highest BCUT2D eigenvalue weighted by molar-refractivity contribution is 6.46. The van der Waals surface area contributed by atoms with Gasteiger partial charge in [-0.1, -0.05) is 65.8 Å². The predicted octanol–water partition coefficient (Wildman–Crippen LogP) is 6.34. The van der Waals surface area contributed by atoms with Gasteiger partial charge in [-0.2, -0.15) is 0 Å². The summed E-state index contributed by atoms with van der Waals surface area (Å²) in [6, 6.07) is 12.8. The minimum absolute atomic E-state index is 0.139. The van der Waals surface area contributed by atoms with Crippen LogP contribution in [-0.4, -0.2) is 34.8 Å². The van der Waals surface area contributed by atoms with E-state index in [4.69, 9.17) is 4.74 Å². The van der Waals surface area contributed by atoms with Crippen LogP contribution in [0.15, 0.2) is 48.0 Å². The summed E-state index contributed by atoms with van der Waals surface area (Å²) in [5, 5.41) is 11.4. The van der Waals surface area contributed by atoms with E-state index in [0.29, 0.717) is 31.1 Å². The van der Waals surface area contributed by atoms with Gasteiger partial charge in [0.2, 0.25) is 0 Å². The molecule has 1 saturated heterocycles. The van der Waals surface area contributed by atoms with Gasteiger partial charge in [-0.05, 0) is 54.0 Å². The molecule has 1 N–H and O–H groups in total. The first-order valence-electron chi connectivity index (χ1n) is 12.2. The van der Waals surface area contributed by atoms with Crippen LogP contribution < -0.4 is 4.74 Å². The third kappa shape index (κ3) is 4.89. The molecule has 0 saturated carbocycles. The van der Waals surface area contributed by atoms with Crippen molar-refractivity contribution in [1.82, 2.24) is 4.90 Å². The molecule has 0 aromatic heterocycles. The molecule has 0 spiro atoms. The van der Waals surface area contributed by atoms with Gasteiger partial charge in [-0.25, -0.2) is 0 Å². The van der Waals surface area contributed by atoms with Crippen LogP contribution in [0.25, 0.3) is 5.76 Å². The average Bonchev–Trinajstić information content (AvgIpc) is 3.03. The van der Waals surface area contributed by atoms with Gasteiger partial charge in [-0.15, -0.1) is 0 Å². The highest BCUT2D eigenvalue weighted by atomic mass is 16.5. The molecule has 2 aromatic carbocycles. The number of ether oxygens (including phenoxy) is 1. The lowest BCUT2D eigenvalue weighted by molar-refractivity contribution is -0.139. The summed E-state index contributed by atoms with van der Waals surface area (Å²) in [7, 11) is 0. The first kappa shape index (κ1) is 25.5. The van der Waals surface area contributed by atoms with Crippen molar-refractivity contribution in [2.45, 2.75) is 72.3 Å². The Morgan fingerprint density at radius 1 is 1.06 bits per heavy atom. The summed E-state index contributed by atoms with van der Waals surface area (Å²) >= 11 is 0. The predicted molar refractivity (Wildman–Crippen MR) is 136 cm³/mol. The van der Waals surface area contributed by atoms with Crippen molar-refractivity contribution >= 4 is 17.4 Å². The van der Waals surface area contributed by atoms with Crippen LogP contribution in [-0.2, 0) is 15.0 Å². The number of carbonyl (C=O) groups is 2. The molecule has 1 heterocycles. The molecule has 1 amide bonds. The molecule has 1 fully saturated rings. The number of aliphatic hydroxyl groups excluding tert-OH is 1. The molecule has 1 unspecified atom stereocenters. The number of amides is 1. The summed E-state index contributed by atoms with van der Waals surface area (Å²) in [4.78, 5) is 27.7. The Morgan fingerprint density at radius 3 is 2.24 bits per heavy atom. The Balaban J connectivity index is 2.19. The third-order valence-corrected chi connectivity index (χ3v) is 6.28. The molecule has 1 aliphatic heterocycles. The lowest BCUT2D eigenvalue weighted by Gasteiger charge is -2.26. The van der Waals surface area contributed by atoms with Crippen LogP contribution in [0.2, 0.25) is 0 Å². The van der Waals surface area contributed by atoms with Gasteiger partial charge in [0.1, 0.15) is 11.5 Å². The minimum atomic E-state index is -0.643. The lowest BCUT2D eigenvalue weighted by atomic mass is 9.84. The molecule has 34 heavy (non-hydrogen) atoms. The maximum Gasteiger partial charge on any atom is 0.295 e. The Bertz CT molecular complexity index is 1090. The minimum Gasteiger partial charge on any atom is -0.507 e. The fourth-order valence-corrected chi connectivity index (χ4v) is 4.46. The van der Waals surface area contributed by atoms with E-state index in [0.717, 1.165) is 16.9 Å². The summed E-state index contributed by atoms with van der Waals surface area (Å²) in [6.07, 6.45) is 0.713. The smallest absolute Gasteiger partial charge is 0.295 e. The molecule has 0 radical (unpaired) electrons. The van der Waals surface area contributed by atoms with Gasteiger partial charge < -0.3 is 14.7 Å². The molecule has 1 aliphatic rings. The molecule has 5 heteroatoms. The number of carbonyl (C=O) groups excluding carboxylic acids is 2. The quantitative estimate of drug-likeness (QED) is 0.296. The summed E-state index contributed by atoms with van der Waals surface area (Å²) in [5.74, 6) is -0.239. The lowest BCUT2D eigenvalue weighted by Crippen LogP contribution is -2.30. The van der Waals surface area contributed by atoms with Crippen LogP contribution in [0.3, 0.4) is 0 Å². The molecular weight excluding hydrogens is 426 g/mol. The number of rotatable bonds is 7. The summed E-state index contributed by atoms with van der Waals surface area (Å²) < 4.78 is 5.80. The van der Waals surface area contributed by atoms with Gasteiger partial charge >= 0.3 is 0 Å². The zero-order valence-electron chi connectivity index (χ0n) is 21.4. The zero-order chi connectivity index (χ0) is 25.2. The number of benzene rings is 2. The van der Waals surface area contributed by atoms with Crippen LogP contribution in [0, 0.1) is 0 Å². The monoisotopic (exact) mass is 463 g/mol. The number of likely N-dealkylation sites (tertiary alicyclic amines) is 1. The molecule has 0 bridgehead atoms. The number of hydrogen-bond acceptors (Lipinski definition) is 4. The zero-order valence-corrected chi connectivity index (χ0v) is 21.4. The molecule has 5 nitrogen and oxygen atoms in total. The molecule has 1 atom stereocenters. The molecule has 182 valence electrons. The highest BCUT2D eigenvalue weighted by Crippen LogP contribution is 2.41. The summed E-state index contributed by atoms with van der Waals surface area (Å²) in [5.41, 5.74) is 3.34. The van der Waals surface area contributed by atoms with Gasteiger partial charge in [0, 0.05) is 17.7 Å². The van der Waals surface area contributed by atoms with Crippen LogP contribution in [0.4, 0.5) is 0 Å². The Morgan fingerprint density at radius 2 is 1.71 bits per heavy atom. The van der Waals surface area contributed by atoms with Crippen molar-refractivity contribution in [3.8, 4) is 5.75 Å². The van der Waals surface area contributed by atoms with Crippen molar-refractivity contribution in [3.05, 3.63) is 70.3 Å².